The van der Waals surface area contributed by atoms with Crippen molar-refractivity contribution >= 4 is 16.6 Å². The minimum absolute atomic E-state index is 0.0102. The molecular formula is C31H27F3N4O. The number of halogens is 3. The van der Waals surface area contributed by atoms with Crippen LogP contribution in [-0.2, 0) is 18.1 Å². The molecule has 5 nitrogen and oxygen atoms in total. The second-order valence-electron chi connectivity index (χ2n) is 10.3. The number of alkyl halides is 3. The Morgan fingerprint density at radius 2 is 1.56 bits per heavy atom. The van der Waals surface area contributed by atoms with Gasteiger partial charge in [0.25, 0.3) is 0 Å². The van der Waals surface area contributed by atoms with Gasteiger partial charge in [0.1, 0.15) is 12.1 Å². The predicted octanol–water partition coefficient (Wildman–Crippen LogP) is 8.41. The highest BCUT2D eigenvalue weighted by Crippen LogP contribution is 2.36. The van der Waals surface area contributed by atoms with Crippen molar-refractivity contribution in [2.75, 3.05) is 5.32 Å². The number of anilines is 1. The van der Waals surface area contributed by atoms with Crippen molar-refractivity contribution < 1.29 is 17.9 Å². The largest absolute Gasteiger partial charge is 0.439 e. The number of nitrogens with zero attached hydrogens (tertiary/aromatic N) is 3. The third-order valence-electron chi connectivity index (χ3n) is 6.37. The van der Waals surface area contributed by atoms with Crippen molar-refractivity contribution in [1.29, 1.82) is 0 Å². The lowest BCUT2D eigenvalue weighted by Gasteiger charge is -2.19. The van der Waals surface area contributed by atoms with Crippen LogP contribution in [0.4, 0.5) is 18.9 Å². The molecule has 0 radical (unpaired) electrons. The summed E-state index contributed by atoms with van der Waals surface area (Å²) in [5.74, 6) is 0.800. The SMILES string of the molecule is CC(C)(C)c1ccc(CNc2cc(C(F)(F)F)ccc2-c2cc(Oc3ccc4cccnc4c3)ncn2)cc1. The average molecular weight is 529 g/mol. The molecule has 5 aromatic rings. The molecule has 0 amide bonds. The first kappa shape index (κ1) is 26.2. The number of nitrogens with one attached hydrogen (secondary N) is 1. The van der Waals surface area contributed by atoms with E-state index in [0.29, 0.717) is 29.2 Å². The van der Waals surface area contributed by atoms with E-state index in [0.717, 1.165) is 28.6 Å². The molecule has 0 atom stereocenters. The molecule has 1 N–H and O–H groups in total. The van der Waals surface area contributed by atoms with Gasteiger partial charge in [0, 0.05) is 41.5 Å². The molecule has 0 aliphatic carbocycles. The number of pyridine rings is 1. The number of aromatic nitrogens is 3. The van der Waals surface area contributed by atoms with Gasteiger partial charge in [0.2, 0.25) is 5.88 Å². The third kappa shape index (κ3) is 6.17. The molecule has 0 aliphatic heterocycles. The van der Waals surface area contributed by atoms with Crippen molar-refractivity contribution in [3.63, 3.8) is 0 Å². The lowest BCUT2D eigenvalue weighted by Crippen LogP contribution is -2.11. The van der Waals surface area contributed by atoms with Crippen LogP contribution in [0.2, 0.25) is 0 Å². The first-order valence-corrected chi connectivity index (χ1v) is 12.5. The van der Waals surface area contributed by atoms with Gasteiger partial charge in [0.05, 0.1) is 16.8 Å². The minimum Gasteiger partial charge on any atom is -0.439 e. The lowest BCUT2D eigenvalue weighted by molar-refractivity contribution is -0.137. The summed E-state index contributed by atoms with van der Waals surface area (Å²) in [6.07, 6.45) is -1.45. The van der Waals surface area contributed by atoms with Crippen LogP contribution >= 0.6 is 0 Å². The van der Waals surface area contributed by atoms with E-state index in [9.17, 15) is 13.2 Å². The van der Waals surface area contributed by atoms with E-state index in [4.69, 9.17) is 4.74 Å². The second-order valence-corrected chi connectivity index (χ2v) is 10.3. The Balaban J connectivity index is 1.43. The molecule has 2 heterocycles. The summed E-state index contributed by atoms with van der Waals surface area (Å²) < 4.78 is 46.6. The topological polar surface area (TPSA) is 59.9 Å². The standard InChI is InChI=1S/C31H27F3N4O/c1-30(2,3)22-9-6-20(7-10-22)18-36-27-15-23(31(32,33)34)11-13-25(27)28-17-29(38-19-37-28)39-24-12-8-21-5-4-14-35-26(21)16-24/h4-17,19,36H,18H2,1-3H3. The quantitative estimate of drug-likeness (QED) is 0.240. The van der Waals surface area contributed by atoms with E-state index in [-0.39, 0.29) is 11.3 Å². The summed E-state index contributed by atoms with van der Waals surface area (Å²) in [6.45, 7) is 6.74. The lowest BCUT2D eigenvalue weighted by atomic mass is 9.87. The Morgan fingerprint density at radius 3 is 2.31 bits per heavy atom. The van der Waals surface area contributed by atoms with Gasteiger partial charge in [-0.1, -0.05) is 57.2 Å². The molecule has 8 heteroatoms. The van der Waals surface area contributed by atoms with Gasteiger partial charge < -0.3 is 10.1 Å². The van der Waals surface area contributed by atoms with Crippen LogP contribution in [0.25, 0.3) is 22.2 Å². The molecule has 2 aromatic heterocycles. The maximum absolute atomic E-state index is 13.6. The fraction of sp³-hybridized carbons (Fsp3) is 0.194. The van der Waals surface area contributed by atoms with Gasteiger partial charge in [-0.25, -0.2) is 9.97 Å². The molecule has 3 aromatic carbocycles. The molecule has 5 rings (SSSR count). The molecule has 198 valence electrons. The smallest absolute Gasteiger partial charge is 0.416 e. The average Bonchev–Trinajstić information content (AvgIpc) is 2.91. The molecule has 0 saturated carbocycles. The van der Waals surface area contributed by atoms with Crippen molar-refractivity contribution in [2.45, 2.75) is 38.9 Å². The summed E-state index contributed by atoms with van der Waals surface area (Å²) in [7, 11) is 0. The van der Waals surface area contributed by atoms with Crippen LogP contribution in [-0.4, -0.2) is 15.0 Å². The van der Waals surface area contributed by atoms with E-state index in [1.54, 1.807) is 18.3 Å². The highest BCUT2D eigenvalue weighted by molar-refractivity contribution is 5.80. The number of rotatable bonds is 6. The fourth-order valence-corrected chi connectivity index (χ4v) is 4.18. The van der Waals surface area contributed by atoms with Crippen LogP contribution in [0.1, 0.15) is 37.5 Å². The first-order valence-electron chi connectivity index (χ1n) is 12.5. The highest BCUT2D eigenvalue weighted by atomic mass is 19.4. The molecule has 0 unspecified atom stereocenters. The predicted molar refractivity (Wildman–Crippen MR) is 147 cm³/mol. The van der Waals surface area contributed by atoms with Gasteiger partial charge in [-0.15, -0.1) is 0 Å². The number of ether oxygens (including phenoxy) is 1. The molecule has 0 fully saturated rings. The number of hydrogen-bond donors (Lipinski definition) is 1. The molecule has 39 heavy (non-hydrogen) atoms. The van der Waals surface area contributed by atoms with Gasteiger partial charge in [0.15, 0.2) is 0 Å². The monoisotopic (exact) mass is 528 g/mol. The van der Waals surface area contributed by atoms with Crippen molar-refractivity contribution in [3.8, 4) is 22.9 Å². The summed E-state index contributed by atoms with van der Waals surface area (Å²) in [5.41, 5.74) is 3.41. The van der Waals surface area contributed by atoms with E-state index in [1.807, 2.05) is 48.5 Å². The zero-order valence-electron chi connectivity index (χ0n) is 21.8. The maximum Gasteiger partial charge on any atom is 0.416 e. The number of fused-ring (bicyclic) bond motifs is 1. The fourth-order valence-electron chi connectivity index (χ4n) is 4.18. The maximum atomic E-state index is 13.6. The van der Waals surface area contributed by atoms with E-state index < -0.39 is 11.7 Å². The zero-order valence-corrected chi connectivity index (χ0v) is 21.8. The Labute approximate surface area is 224 Å². The first-order chi connectivity index (χ1) is 18.6. The van der Waals surface area contributed by atoms with Gasteiger partial charge in [-0.2, -0.15) is 13.2 Å². The molecular weight excluding hydrogens is 501 g/mol. The number of hydrogen-bond acceptors (Lipinski definition) is 5. The van der Waals surface area contributed by atoms with Crippen molar-refractivity contribution in [2.24, 2.45) is 0 Å². The molecule has 0 aliphatic rings. The third-order valence-corrected chi connectivity index (χ3v) is 6.37. The van der Waals surface area contributed by atoms with Crippen LogP contribution in [0.5, 0.6) is 11.6 Å². The normalized spacial score (nSPS) is 11.9. The molecule has 0 bridgehead atoms. The number of benzene rings is 3. The Morgan fingerprint density at radius 1 is 0.795 bits per heavy atom. The second kappa shape index (κ2) is 10.4. The highest BCUT2D eigenvalue weighted by Gasteiger charge is 2.31. The molecule has 0 spiro atoms. The summed E-state index contributed by atoms with van der Waals surface area (Å²) in [6, 6.07) is 22.5. The van der Waals surface area contributed by atoms with E-state index in [2.05, 4.69) is 41.0 Å². The molecule has 0 saturated heterocycles. The van der Waals surface area contributed by atoms with Crippen LogP contribution in [0.15, 0.2) is 91.4 Å². The summed E-state index contributed by atoms with van der Waals surface area (Å²) in [4.78, 5) is 12.9. The van der Waals surface area contributed by atoms with Gasteiger partial charge in [-0.3, -0.25) is 4.98 Å². The van der Waals surface area contributed by atoms with Crippen LogP contribution < -0.4 is 10.1 Å². The minimum atomic E-state index is -4.48. The Bertz CT molecular complexity index is 1610. The van der Waals surface area contributed by atoms with E-state index >= 15 is 0 Å². The van der Waals surface area contributed by atoms with Gasteiger partial charge >= 0.3 is 6.18 Å². The Kier molecular flexibility index (Phi) is 6.95. The van der Waals surface area contributed by atoms with Gasteiger partial charge in [-0.05, 0) is 46.9 Å². The zero-order chi connectivity index (χ0) is 27.6. The van der Waals surface area contributed by atoms with E-state index in [1.165, 1.54) is 18.0 Å². The Hall–Kier alpha value is -4.46. The van der Waals surface area contributed by atoms with Crippen LogP contribution in [0.3, 0.4) is 0 Å². The van der Waals surface area contributed by atoms with Crippen LogP contribution in [0, 0.1) is 0 Å². The summed E-state index contributed by atoms with van der Waals surface area (Å²) in [5, 5.41) is 4.15. The van der Waals surface area contributed by atoms with Crippen molar-refractivity contribution in [3.05, 3.63) is 108 Å². The van der Waals surface area contributed by atoms with Crippen molar-refractivity contribution in [1.82, 2.24) is 15.0 Å². The summed E-state index contributed by atoms with van der Waals surface area (Å²) >= 11 is 0.